The van der Waals surface area contributed by atoms with Crippen molar-refractivity contribution >= 4 is 5.97 Å². The van der Waals surface area contributed by atoms with Gasteiger partial charge in [-0.25, -0.2) is 4.89 Å². The summed E-state index contributed by atoms with van der Waals surface area (Å²) in [5.41, 5.74) is 0.808. The van der Waals surface area contributed by atoms with Gasteiger partial charge < -0.3 is 9.47 Å². The normalized spacial score (nSPS) is 46.2. The molecule has 1 aliphatic heterocycles. The molecule has 2 atom stereocenters. The molecule has 5 fully saturated rings. The zero-order valence-corrected chi connectivity index (χ0v) is 14.7. The van der Waals surface area contributed by atoms with Crippen LogP contribution in [0.3, 0.4) is 0 Å². The summed E-state index contributed by atoms with van der Waals surface area (Å²) < 4.78 is 11.7. The van der Waals surface area contributed by atoms with Gasteiger partial charge in [0.05, 0.1) is 13.0 Å². The first-order chi connectivity index (χ1) is 11.5. The van der Waals surface area contributed by atoms with Crippen LogP contribution in [0.15, 0.2) is 12.2 Å². The summed E-state index contributed by atoms with van der Waals surface area (Å²) in [6, 6.07) is 0. The Morgan fingerprint density at radius 1 is 1.17 bits per heavy atom. The zero-order chi connectivity index (χ0) is 16.9. The molecule has 5 heteroatoms. The number of ether oxygens (including phenoxy) is 2. The Hall–Kier alpha value is -0.910. The summed E-state index contributed by atoms with van der Waals surface area (Å²) in [6.45, 7) is 8.04. The molecule has 4 aliphatic carbocycles. The zero-order valence-electron chi connectivity index (χ0n) is 14.7. The molecule has 1 saturated heterocycles. The molecule has 24 heavy (non-hydrogen) atoms. The molecular formula is C19H28O5. The fraction of sp³-hybridized carbons (Fsp3) is 0.842. The Morgan fingerprint density at radius 3 is 2.33 bits per heavy atom. The Morgan fingerprint density at radius 2 is 1.79 bits per heavy atom. The SMILES string of the molecule is C=C(C)[C@H]1OOC2(O[C@@H]1CC(=O)OCC)C1CC3CC(C1)CC2C3. The number of hydrogen-bond acceptors (Lipinski definition) is 5. The molecule has 5 aliphatic rings. The van der Waals surface area contributed by atoms with Crippen molar-refractivity contribution in [2.45, 2.75) is 70.4 Å². The van der Waals surface area contributed by atoms with Gasteiger partial charge in [-0.15, -0.1) is 0 Å². The molecule has 4 bridgehead atoms. The number of carbonyl (C=O) groups excluding carboxylic acids is 1. The molecule has 1 heterocycles. The van der Waals surface area contributed by atoms with E-state index in [-0.39, 0.29) is 18.5 Å². The molecule has 0 N–H and O–H groups in total. The molecular weight excluding hydrogens is 308 g/mol. The van der Waals surface area contributed by atoms with E-state index in [0.29, 0.717) is 18.4 Å². The molecule has 5 nitrogen and oxygen atoms in total. The van der Waals surface area contributed by atoms with Gasteiger partial charge in [0, 0.05) is 11.8 Å². The fourth-order valence-corrected chi connectivity index (χ4v) is 5.61. The van der Waals surface area contributed by atoms with E-state index in [1.54, 1.807) is 0 Å². The van der Waals surface area contributed by atoms with E-state index >= 15 is 0 Å². The Kier molecular flexibility index (Phi) is 4.22. The second-order valence-electron chi connectivity index (χ2n) is 8.14. The first-order valence-corrected chi connectivity index (χ1v) is 9.35. The number of rotatable bonds is 4. The van der Waals surface area contributed by atoms with E-state index in [4.69, 9.17) is 19.2 Å². The monoisotopic (exact) mass is 336 g/mol. The van der Waals surface area contributed by atoms with Gasteiger partial charge in [0.2, 0.25) is 5.79 Å². The van der Waals surface area contributed by atoms with Crippen LogP contribution in [0, 0.1) is 23.7 Å². The lowest BCUT2D eigenvalue weighted by Gasteiger charge is -2.61. The summed E-state index contributed by atoms with van der Waals surface area (Å²) in [5, 5.41) is 0. The van der Waals surface area contributed by atoms with Crippen molar-refractivity contribution in [1.82, 2.24) is 0 Å². The van der Waals surface area contributed by atoms with Crippen molar-refractivity contribution in [3.63, 3.8) is 0 Å². The van der Waals surface area contributed by atoms with Gasteiger partial charge >= 0.3 is 5.97 Å². The summed E-state index contributed by atoms with van der Waals surface area (Å²) in [7, 11) is 0. The van der Waals surface area contributed by atoms with Gasteiger partial charge in [-0.3, -0.25) is 4.79 Å². The van der Waals surface area contributed by atoms with Gasteiger partial charge in [-0.1, -0.05) is 6.58 Å². The largest absolute Gasteiger partial charge is 0.466 e. The van der Waals surface area contributed by atoms with Crippen LogP contribution in [0.25, 0.3) is 0 Å². The second-order valence-corrected chi connectivity index (χ2v) is 8.14. The predicted octanol–water partition coefficient (Wildman–Crippen LogP) is 3.38. The molecule has 5 rings (SSSR count). The Bertz CT molecular complexity index is 500. The number of esters is 1. The highest BCUT2D eigenvalue weighted by Crippen LogP contribution is 2.61. The van der Waals surface area contributed by atoms with Crippen LogP contribution in [0.1, 0.15) is 52.4 Å². The van der Waals surface area contributed by atoms with Crippen LogP contribution in [-0.4, -0.2) is 30.6 Å². The standard InChI is InChI=1S/C19H28O5/c1-4-21-17(20)10-16-18(11(2)3)23-24-19(22-16)14-6-12-5-13(8-14)9-15(19)7-12/h12-16,18H,2,4-10H2,1,3H3/t12?,13?,14?,15?,16-,18-,19?/m1/s1. The molecule has 0 amide bonds. The van der Waals surface area contributed by atoms with Gasteiger partial charge in [0.1, 0.15) is 12.2 Å². The maximum Gasteiger partial charge on any atom is 0.308 e. The third kappa shape index (κ3) is 2.61. The topological polar surface area (TPSA) is 54.0 Å². The van der Waals surface area contributed by atoms with Crippen LogP contribution in [0.2, 0.25) is 0 Å². The van der Waals surface area contributed by atoms with Crippen molar-refractivity contribution < 1.29 is 24.0 Å². The minimum atomic E-state index is -0.670. The summed E-state index contributed by atoms with van der Waals surface area (Å²) in [6.07, 6.45) is 5.36. The van der Waals surface area contributed by atoms with E-state index in [2.05, 4.69) is 6.58 Å². The fourth-order valence-electron chi connectivity index (χ4n) is 5.61. The highest BCUT2D eigenvalue weighted by Gasteiger charge is 2.63. The van der Waals surface area contributed by atoms with Crippen molar-refractivity contribution in [1.29, 1.82) is 0 Å². The van der Waals surface area contributed by atoms with Crippen LogP contribution in [0.4, 0.5) is 0 Å². The summed E-state index contributed by atoms with van der Waals surface area (Å²) >= 11 is 0. The molecule has 1 spiro atoms. The van der Waals surface area contributed by atoms with Gasteiger partial charge in [-0.05, 0) is 63.4 Å². The van der Waals surface area contributed by atoms with Crippen molar-refractivity contribution in [2.75, 3.05) is 6.61 Å². The first-order valence-electron chi connectivity index (χ1n) is 9.35. The highest BCUT2D eigenvalue weighted by molar-refractivity contribution is 5.70. The Labute approximate surface area is 143 Å². The van der Waals surface area contributed by atoms with Gasteiger partial charge in [-0.2, -0.15) is 4.89 Å². The van der Waals surface area contributed by atoms with E-state index in [0.717, 1.165) is 43.1 Å². The molecule has 0 unspecified atom stereocenters. The van der Waals surface area contributed by atoms with E-state index in [9.17, 15) is 4.79 Å². The third-order valence-electron chi connectivity index (χ3n) is 6.39. The van der Waals surface area contributed by atoms with Crippen molar-refractivity contribution in [3.05, 3.63) is 12.2 Å². The first kappa shape index (κ1) is 16.6. The summed E-state index contributed by atoms with van der Waals surface area (Å²) in [5.74, 6) is 1.46. The minimum absolute atomic E-state index is 0.183. The molecule has 4 saturated carbocycles. The molecule has 0 radical (unpaired) electrons. The second kappa shape index (κ2) is 6.11. The predicted molar refractivity (Wildman–Crippen MR) is 86.7 cm³/mol. The summed E-state index contributed by atoms with van der Waals surface area (Å²) in [4.78, 5) is 23.8. The van der Waals surface area contributed by atoms with Crippen LogP contribution in [0.5, 0.6) is 0 Å². The smallest absolute Gasteiger partial charge is 0.308 e. The molecule has 0 aromatic rings. The minimum Gasteiger partial charge on any atom is -0.466 e. The van der Waals surface area contributed by atoms with E-state index < -0.39 is 11.9 Å². The van der Waals surface area contributed by atoms with Gasteiger partial charge in [0.15, 0.2) is 0 Å². The van der Waals surface area contributed by atoms with Crippen molar-refractivity contribution in [2.24, 2.45) is 23.7 Å². The Balaban J connectivity index is 1.55. The maximum absolute atomic E-state index is 12.0. The van der Waals surface area contributed by atoms with Crippen LogP contribution >= 0.6 is 0 Å². The quantitative estimate of drug-likeness (QED) is 0.447. The molecule has 0 aromatic carbocycles. The van der Waals surface area contributed by atoms with Crippen LogP contribution < -0.4 is 0 Å². The highest BCUT2D eigenvalue weighted by atomic mass is 17.2. The number of hydrogen-bond donors (Lipinski definition) is 0. The lowest BCUT2D eigenvalue weighted by Crippen LogP contribution is -2.65. The third-order valence-corrected chi connectivity index (χ3v) is 6.39. The van der Waals surface area contributed by atoms with E-state index in [1.807, 2.05) is 13.8 Å². The number of carbonyl (C=O) groups is 1. The van der Waals surface area contributed by atoms with Gasteiger partial charge in [0.25, 0.3) is 0 Å². The maximum atomic E-state index is 12.0. The van der Waals surface area contributed by atoms with Crippen LogP contribution in [-0.2, 0) is 24.0 Å². The van der Waals surface area contributed by atoms with Crippen molar-refractivity contribution in [3.8, 4) is 0 Å². The lowest BCUT2D eigenvalue weighted by molar-refractivity contribution is -0.533. The lowest BCUT2D eigenvalue weighted by atomic mass is 9.53. The average molecular weight is 336 g/mol. The van der Waals surface area contributed by atoms with E-state index in [1.165, 1.54) is 6.42 Å². The molecule has 134 valence electrons. The molecule has 0 aromatic heterocycles. The average Bonchev–Trinajstić information content (AvgIpc) is 2.52.